The maximum Gasteiger partial charge on any atom is 0.313 e. The van der Waals surface area contributed by atoms with E-state index in [9.17, 15) is 9.59 Å². The molecule has 0 aromatic rings. The Morgan fingerprint density at radius 1 is 1.08 bits per heavy atom. The minimum absolute atomic E-state index is 0.0613. The molecule has 0 spiro atoms. The van der Waals surface area contributed by atoms with Gasteiger partial charge in [0.1, 0.15) is 6.10 Å². The van der Waals surface area contributed by atoms with Gasteiger partial charge in [-0.15, -0.1) is 0 Å². The van der Waals surface area contributed by atoms with E-state index in [0.29, 0.717) is 42.1 Å². The van der Waals surface area contributed by atoms with Gasteiger partial charge < -0.3 is 9.47 Å². The molecule has 0 radical (unpaired) electrons. The van der Waals surface area contributed by atoms with Crippen LogP contribution in [0.1, 0.15) is 53.4 Å². The summed E-state index contributed by atoms with van der Waals surface area (Å²) in [6.07, 6.45) is 4.05. The first kappa shape index (κ1) is 17.1. The number of hydrogen-bond donors (Lipinski definition) is 0. The molecule has 0 N–H and O–H groups in total. The number of rotatable bonds is 5. The third kappa shape index (κ3) is 2.02. The molecule has 4 nitrogen and oxygen atoms in total. The number of carbonyl (C=O) groups is 2. The van der Waals surface area contributed by atoms with Crippen molar-refractivity contribution < 1.29 is 19.1 Å². The third-order valence-electron chi connectivity index (χ3n) is 8.88. The van der Waals surface area contributed by atoms with Crippen LogP contribution in [0.5, 0.6) is 0 Å². The van der Waals surface area contributed by atoms with Gasteiger partial charge in [0.2, 0.25) is 0 Å². The predicted molar refractivity (Wildman–Crippen MR) is 95.8 cm³/mol. The van der Waals surface area contributed by atoms with Crippen LogP contribution in [0, 0.1) is 58.7 Å². The molecule has 26 heavy (non-hydrogen) atoms. The standard InChI is InChI=1S/C22H32O4/c1-10(2)9-25-20(23)16-6-13-5-15(16)18(7-13)26-21(24)22-12(4)14-8-17(22)19(22)11(14)3/h10-19H,5-9H2,1-4H3. The van der Waals surface area contributed by atoms with Crippen molar-refractivity contribution >= 4 is 11.9 Å². The van der Waals surface area contributed by atoms with E-state index in [1.165, 1.54) is 6.42 Å². The molecule has 0 aliphatic heterocycles. The molecule has 6 bridgehead atoms. The monoisotopic (exact) mass is 360 g/mol. The third-order valence-corrected chi connectivity index (χ3v) is 8.88. The highest BCUT2D eigenvalue weighted by Crippen LogP contribution is 2.83. The number of carbonyl (C=O) groups excluding carboxylic acids is 2. The lowest BCUT2D eigenvalue weighted by atomic mass is 9.86. The lowest BCUT2D eigenvalue weighted by molar-refractivity contribution is -0.166. The van der Waals surface area contributed by atoms with Crippen LogP contribution in [0.2, 0.25) is 0 Å². The van der Waals surface area contributed by atoms with Crippen molar-refractivity contribution in [1.82, 2.24) is 0 Å². The Balaban J connectivity index is 1.25. The summed E-state index contributed by atoms with van der Waals surface area (Å²) in [6, 6.07) is 0. The highest BCUT2D eigenvalue weighted by molar-refractivity contribution is 5.84. The molecular weight excluding hydrogens is 328 g/mol. The Morgan fingerprint density at radius 3 is 2.38 bits per heavy atom. The van der Waals surface area contributed by atoms with Gasteiger partial charge in [-0.1, -0.05) is 27.7 Å². The van der Waals surface area contributed by atoms with Crippen molar-refractivity contribution in [3.8, 4) is 0 Å². The van der Waals surface area contributed by atoms with E-state index in [1.54, 1.807) is 0 Å². The van der Waals surface area contributed by atoms with Crippen LogP contribution in [-0.2, 0) is 19.1 Å². The first-order valence-corrected chi connectivity index (χ1v) is 10.7. The number of ether oxygens (including phenoxy) is 2. The molecule has 144 valence electrons. The smallest absolute Gasteiger partial charge is 0.313 e. The van der Waals surface area contributed by atoms with Crippen molar-refractivity contribution in [2.75, 3.05) is 6.61 Å². The van der Waals surface area contributed by atoms with Gasteiger partial charge in [-0.3, -0.25) is 9.59 Å². The summed E-state index contributed by atoms with van der Waals surface area (Å²) in [4.78, 5) is 25.7. The van der Waals surface area contributed by atoms with E-state index in [4.69, 9.17) is 9.47 Å². The van der Waals surface area contributed by atoms with Crippen molar-refractivity contribution in [1.29, 1.82) is 0 Å². The van der Waals surface area contributed by atoms with Crippen LogP contribution >= 0.6 is 0 Å². The fraction of sp³-hybridized carbons (Fsp3) is 0.909. The van der Waals surface area contributed by atoms with Crippen molar-refractivity contribution in [3.05, 3.63) is 0 Å². The summed E-state index contributed by atoms with van der Waals surface area (Å²) in [6.45, 7) is 9.19. The Hall–Kier alpha value is -1.06. The molecule has 4 heteroatoms. The molecular formula is C22H32O4. The molecule has 6 rings (SSSR count). The molecule has 0 aromatic carbocycles. The summed E-state index contributed by atoms with van der Waals surface area (Å²) >= 11 is 0. The van der Waals surface area contributed by atoms with Gasteiger partial charge >= 0.3 is 11.9 Å². The second-order valence-corrected chi connectivity index (χ2v) is 10.4. The second-order valence-electron chi connectivity index (χ2n) is 10.4. The fourth-order valence-corrected chi connectivity index (χ4v) is 7.85. The first-order valence-electron chi connectivity index (χ1n) is 10.7. The zero-order chi connectivity index (χ0) is 18.4. The van der Waals surface area contributed by atoms with Crippen molar-refractivity contribution in [2.45, 2.75) is 59.5 Å². The van der Waals surface area contributed by atoms with E-state index in [0.717, 1.165) is 25.2 Å². The average molecular weight is 360 g/mol. The van der Waals surface area contributed by atoms with Gasteiger partial charge in [-0.05, 0) is 67.1 Å². The van der Waals surface area contributed by atoms with Gasteiger partial charge in [0.25, 0.3) is 0 Å². The van der Waals surface area contributed by atoms with Crippen LogP contribution in [-0.4, -0.2) is 24.6 Å². The minimum Gasteiger partial charge on any atom is -0.465 e. The molecule has 6 saturated carbocycles. The molecule has 6 aliphatic rings. The normalized spacial score (nSPS) is 52.6. The highest BCUT2D eigenvalue weighted by Gasteiger charge is 2.85. The van der Waals surface area contributed by atoms with Crippen LogP contribution in [0.4, 0.5) is 0 Å². The maximum atomic E-state index is 13.2. The van der Waals surface area contributed by atoms with Crippen molar-refractivity contribution in [2.24, 2.45) is 58.7 Å². The molecule has 0 saturated heterocycles. The Kier molecular flexibility index (Phi) is 3.60. The summed E-state index contributed by atoms with van der Waals surface area (Å²) in [5.41, 5.74) is -0.167. The first-order chi connectivity index (χ1) is 12.4. The molecule has 0 heterocycles. The molecule has 6 aliphatic carbocycles. The van der Waals surface area contributed by atoms with E-state index < -0.39 is 0 Å². The molecule has 0 amide bonds. The average Bonchev–Trinajstić information content (AvgIpc) is 3.06. The molecule has 0 aromatic heterocycles. The maximum absolute atomic E-state index is 13.2. The van der Waals surface area contributed by atoms with Crippen LogP contribution in [0.3, 0.4) is 0 Å². The van der Waals surface area contributed by atoms with E-state index in [-0.39, 0.29) is 35.3 Å². The Morgan fingerprint density at radius 2 is 1.85 bits per heavy atom. The van der Waals surface area contributed by atoms with E-state index in [2.05, 4.69) is 27.7 Å². The van der Waals surface area contributed by atoms with Crippen LogP contribution < -0.4 is 0 Å². The molecule has 6 fully saturated rings. The quantitative estimate of drug-likeness (QED) is 0.702. The lowest BCUT2D eigenvalue weighted by Crippen LogP contribution is -2.37. The predicted octanol–water partition coefficient (Wildman–Crippen LogP) is 3.68. The summed E-state index contributed by atoms with van der Waals surface area (Å²) in [5, 5.41) is 0. The number of esters is 2. The summed E-state index contributed by atoms with van der Waals surface area (Å²) in [7, 11) is 0. The SMILES string of the molecule is CC(C)COC(=O)C1CC2CC(OC(=O)C34C(C)C5CC3C4C5C)C1C2. The zero-order valence-corrected chi connectivity index (χ0v) is 16.4. The van der Waals surface area contributed by atoms with Crippen LogP contribution in [0.25, 0.3) is 0 Å². The summed E-state index contributed by atoms with van der Waals surface area (Å²) in [5.74, 6) is 4.02. The van der Waals surface area contributed by atoms with Crippen molar-refractivity contribution in [3.63, 3.8) is 0 Å². The Bertz CT molecular complexity index is 638. The molecule has 10 unspecified atom stereocenters. The highest BCUT2D eigenvalue weighted by atomic mass is 16.6. The van der Waals surface area contributed by atoms with Gasteiger partial charge in [0, 0.05) is 5.92 Å². The zero-order valence-electron chi connectivity index (χ0n) is 16.4. The molecule has 10 atom stereocenters. The van der Waals surface area contributed by atoms with E-state index >= 15 is 0 Å². The number of hydrogen-bond acceptors (Lipinski definition) is 4. The summed E-state index contributed by atoms with van der Waals surface area (Å²) < 4.78 is 11.6. The fourth-order valence-electron chi connectivity index (χ4n) is 7.85. The van der Waals surface area contributed by atoms with Gasteiger partial charge in [-0.25, -0.2) is 0 Å². The topological polar surface area (TPSA) is 52.6 Å². The Labute approximate surface area is 156 Å². The van der Waals surface area contributed by atoms with Crippen LogP contribution in [0.15, 0.2) is 0 Å². The minimum atomic E-state index is -0.167. The van der Waals surface area contributed by atoms with Gasteiger partial charge in [-0.2, -0.15) is 0 Å². The number of fused-ring (bicyclic) bond motifs is 2. The van der Waals surface area contributed by atoms with Gasteiger partial charge in [0.05, 0.1) is 17.9 Å². The second kappa shape index (κ2) is 5.48. The van der Waals surface area contributed by atoms with E-state index in [1.807, 2.05) is 0 Å². The van der Waals surface area contributed by atoms with Gasteiger partial charge in [0.15, 0.2) is 0 Å². The lowest BCUT2D eigenvalue weighted by Gasteiger charge is -2.30. The largest absolute Gasteiger partial charge is 0.465 e.